The topological polar surface area (TPSA) is 78.1 Å². The van der Waals surface area contributed by atoms with Gasteiger partial charge in [-0.25, -0.2) is 0 Å². The summed E-state index contributed by atoms with van der Waals surface area (Å²) in [6.45, 7) is 3.54. The molecule has 0 saturated carbocycles. The van der Waals surface area contributed by atoms with E-state index in [0.29, 0.717) is 24.9 Å². The fourth-order valence-corrected chi connectivity index (χ4v) is 2.00. The maximum Gasteiger partial charge on any atom is 0.0314 e. The molecule has 0 saturated heterocycles. The summed E-state index contributed by atoms with van der Waals surface area (Å²) >= 11 is 0. The molecule has 0 aromatic heterocycles. The van der Waals surface area contributed by atoms with E-state index in [-0.39, 0.29) is 0 Å². The van der Waals surface area contributed by atoms with Crippen molar-refractivity contribution >= 4 is 5.69 Å². The average Bonchev–Trinajstić information content (AvgIpc) is 2.32. The van der Waals surface area contributed by atoms with Crippen LogP contribution in [-0.4, -0.2) is 13.1 Å². The molecule has 90 valence electrons. The summed E-state index contributed by atoms with van der Waals surface area (Å²) in [5.74, 6) is 0.959. The molecule has 3 heteroatoms. The molecule has 1 unspecified atom stereocenters. The van der Waals surface area contributed by atoms with Gasteiger partial charge in [0.05, 0.1) is 0 Å². The van der Waals surface area contributed by atoms with E-state index in [1.54, 1.807) is 0 Å². The van der Waals surface area contributed by atoms with Crippen molar-refractivity contribution in [3.05, 3.63) is 29.8 Å². The van der Waals surface area contributed by atoms with Crippen molar-refractivity contribution < 1.29 is 0 Å². The molecule has 0 fully saturated rings. The van der Waals surface area contributed by atoms with Gasteiger partial charge < -0.3 is 17.2 Å². The van der Waals surface area contributed by atoms with Crippen molar-refractivity contribution in [3.63, 3.8) is 0 Å². The van der Waals surface area contributed by atoms with Gasteiger partial charge in [0.1, 0.15) is 0 Å². The molecule has 6 N–H and O–H groups in total. The third-order valence-electron chi connectivity index (χ3n) is 3.19. The Morgan fingerprint density at radius 2 is 1.62 bits per heavy atom. The number of rotatable bonds is 6. The van der Waals surface area contributed by atoms with Crippen LogP contribution in [0.1, 0.15) is 31.2 Å². The quantitative estimate of drug-likeness (QED) is 0.640. The summed E-state index contributed by atoms with van der Waals surface area (Å²) < 4.78 is 0. The number of anilines is 1. The van der Waals surface area contributed by atoms with Crippen LogP contribution in [-0.2, 0) is 0 Å². The molecule has 1 atom stereocenters. The predicted molar refractivity (Wildman–Crippen MR) is 70.1 cm³/mol. The molecule has 1 aromatic rings. The molecule has 3 nitrogen and oxygen atoms in total. The lowest BCUT2D eigenvalue weighted by atomic mass is 9.87. The fourth-order valence-electron chi connectivity index (χ4n) is 2.00. The summed E-state index contributed by atoms with van der Waals surface area (Å²) in [4.78, 5) is 0. The van der Waals surface area contributed by atoms with Gasteiger partial charge in [-0.3, -0.25) is 0 Å². The zero-order chi connectivity index (χ0) is 12.0. The van der Waals surface area contributed by atoms with Crippen LogP contribution < -0.4 is 17.2 Å². The van der Waals surface area contributed by atoms with Crippen molar-refractivity contribution in [2.75, 3.05) is 18.8 Å². The van der Waals surface area contributed by atoms with E-state index < -0.39 is 0 Å². The minimum atomic E-state index is 0.419. The monoisotopic (exact) mass is 221 g/mol. The first kappa shape index (κ1) is 13.0. The molecule has 0 bridgehead atoms. The van der Waals surface area contributed by atoms with Gasteiger partial charge in [-0.15, -0.1) is 0 Å². The molecular weight excluding hydrogens is 198 g/mol. The van der Waals surface area contributed by atoms with E-state index in [0.717, 1.165) is 18.5 Å². The Bertz CT molecular complexity index is 291. The number of nitrogens with two attached hydrogens (primary N) is 3. The Balaban J connectivity index is 2.70. The highest BCUT2D eigenvalue weighted by atomic mass is 14.6. The molecular formula is C13H23N3. The second kappa shape index (κ2) is 6.51. The minimum Gasteiger partial charge on any atom is -0.399 e. The first-order valence-corrected chi connectivity index (χ1v) is 5.96. The Hall–Kier alpha value is -1.06. The maximum atomic E-state index is 5.69. The van der Waals surface area contributed by atoms with Crippen LogP contribution in [0.4, 0.5) is 5.69 Å². The lowest BCUT2D eigenvalue weighted by Crippen LogP contribution is -2.25. The zero-order valence-corrected chi connectivity index (χ0v) is 10.0. The van der Waals surface area contributed by atoms with Gasteiger partial charge in [0.2, 0.25) is 0 Å². The summed E-state index contributed by atoms with van der Waals surface area (Å²) in [5, 5.41) is 0. The standard InChI is InChI=1S/C13H23N3/c1-2-11(7-10(8-14)9-15)12-3-5-13(16)6-4-12/h3-6,10-11H,2,7-9,14-16H2,1H3. The van der Waals surface area contributed by atoms with Crippen LogP contribution >= 0.6 is 0 Å². The van der Waals surface area contributed by atoms with Crippen molar-refractivity contribution in [1.82, 2.24) is 0 Å². The first-order chi connectivity index (χ1) is 7.71. The first-order valence-electron chi connectivity index (χ1n) is 5.96. The normalized spacial score (nSPS) is 13.0. The summed E-state index contributed by atoms with van der Waals surface area (Å²) in [6, 6.07) is 8.12. The summed E-state index contributed by atoms with van der Waals surface area (Å²) in [7, 11) is 0. The third-order valence-corrected chi connectivity index (χ3v) is 3.19. The molecule has 0 heterocycles. The van der Waals surface area contributed by atoms with Gasteiger partial charge in [0, 0.05) is 5.69 Å². The van der Waals surface area contributed by atoms with Crippen LogP contribution in [0.15, 0.2) is 24.3 Å². The van der Waals surface area contributed by atoms with Gasteiger partial charge in [-0.2, -0.15) is 0 Å². The number of hydrogen-bond donors (Lipinski definition) is 3. The molecule has 16 heavy (non-hydrogen) atoms. The minimum absolute atomic E-state index is 0.419. The van der Waals surface area contributed by atoms with Crippen molar-refractivity contribution in [2.24, 2.45) is 17.4 Å². The molecule has 0 aliphatic heterocycles. The second-order valence-electron chi connectivity index (χ2n) is 4.34. The van der Waals surface area contributed by atoms with Gasteiger partial charge in [0.25, 0.3) is 0 Å². The number of nitrogen functional groups attached to an aromatic ring is 1. The molecule has 0 radical (unpaired) electrons. The van der Waals surface area contributed by atoms with E-state index in [1.165, 1.54) is 5.56 Å². The Kier molecular flexibility index (Phi) is 5.29. The molecule has 0 aliphatic carbocycles. The van der Waals surface area contributed by atoms with E-state index >= 15 is 0 Å². The van der Waals surface area contributed by atoms with Crippen LogP contribution in [0.5, 0.6) is 0 Å². The lowest BCUT2D eigenvalue weighted by Gasteiger charge is -2.21. The van der Waals surface area contributed by atoms with Crippen LogP contribution in [0.3, 0.4) is 0 Å². The maximum absolute atomic E-state index is 5.69. The smallest absolute Gasteiger partial charge is 0.0314 e. The van der Waals surface area contributed by atoms with Crippen molar-refractivity contribution in [3.8, 4) is 0 Å². The van der Waals surface area contributed by atoms with Crippen LogP contribution in [0, 0.1) is 5.92 Å². The van der Waals surface area contributed by atoms with Crippen molar-refractivity contribution in [2.45, 2.75) is 25.7 Å². The summed E-state index contributed by atoms with van der Waals surface area (Å²) in [6.07, 6.45) is 2.17. The van der Waals surface area contributed by atoms with Gasteiger partial charge in [0.15, 0.2) is 0 Å². The lowest BCUT2D eigenvalue weighted by molar-refractivity contribution is 0.442. The predicted octanol–water partition coefficient (Wildman–Crippen LogP) is 1.69. The number of benzene rings is 1. The van der Waals surface area contributed by atoms with E-state index in [1.807, 2.05) is 12.1 Å². The highest BCUT2D eigenvalue weighted by molar-refractivity contribution is 5.40. The highest BCUT2D eigenvalue weighted by Gasteiger charge is 2.14. The second-order valence-corrected chi connectivity index (χ2v) is 4.34. The van der Waals surface area contributed by atoms with Gasteiger partial charge >= 0.3 is 0 Å². The Labute approximate surface area is 98.0 Å². The largest absolute Gasteiger partial charge is 0.399 e. The van der Waals surface area contributed by atoms with E-state index in [9.17, 15) is 0 Å². The third kappa shape index (κ3) is 3.51. The Morgan fingerprint density at radius 3 is 2.06 bits per heavy atom. The average molecular weight is 221 g/mol. The molecule has 0 aliphatic rings. The highest BCUT2D eigenvalue weighted by Crippen LogP contribution is 2.27. The zero-order valence-electron chi connectivity index (χ0n) is 10.0. The van der Waals surface area contributed by atoms with Crippen LogP contribution in [0.25, 0.3) is 0 Å². The van der Waals surface area contributed by atoms with E-state index in [4.69, 9.17) is 17.2 Å². The molecule has 0 amide bonds. The van der Waals surface area contributed by atoms with Crippen LogP contribution in [0.2, 0.25) is 0 Å². The summed E-state index contributed by atoms with van der Waals surface area (Å²) in [5.41, 5.74) is 19.2. The molecule has 0 spiro atoms. The van der Waals surface area contributed by atoms with E-state index in [2.05, 4.69) is 19.1 Å². The van der Waals surface area contributed by atoms with Crippen molar-refractivity contribution in [1.29, 1.82) is 0 Å². The Morgan fingerprint density at radius 1 is 1.06 bits per heavy atom. The number of hydrogen-bond acceptors (Lipinski definition) is 3. The van der Waals surface area contributed by atoms with Gasteiger partial charge in [-0.1, -0.05) is 19.1 Å². The fraction of sp³-hybridized carbons (Fsp3) is 0.538. The molecule has 1 aromatic carbocycles. The SMILES string of the molecule is CCC(CC(CN)CN)c1ccc(N)cc1. The molecule has 1 rings (SSSR count). The van der Waals surface area contributed by atoms with Gasteiger partial charge in [-0.05, 0) is 55.5 Å².